The number of carbonyl (C=O) groups is 2. The fourth-order valence-corrected chi connectivity index (χ4v) is 2.59. The first-order chi connectivity index (χ1) is 6.59. The minimum absolute atomic E-state index is 0.106. The van der Waals surface area contributed by atoms with Crippen LogP contribution in [-0.2, 0) is 9.59 Å². The second-order valence-electron chi connectivity index (χ2n) is 4.04. The molecule has 2 N–H and O–H groups in total. The molecule has 0 saturated heterocycles. The van der Waals surface area contributed by atoms with Crippen LogP contribution in [0.25, 0.3) is 0 Å². The molecule has 4 heteroatoms. The van der Waals surface area contributed by atoms with E-state index in [2.05, 4.69) is 5.32 Å². The summed E-state index contributed by atoms with van der Waals surface area (Å²) in [4.78, 5) is 21.9. The molecule has 2 rings (SSSR count). The van der Waals surface area contributed by atoms with Crippen molar-refractivity contribution in [2.24, 2.45) is 17.8 Å². The highest BCUT2D eigenvalue weighted by Crippen LogP contribution is 2.43. The molecule has 0 aromatic carbocycles. The number of carbonyl (C=O) groups excluding carboxylic acids is 1. The molecule has 2 bridgehead atoms. The van der Waals surface area contributed by atoms with Gasteiger partial charge in [-0.15, -0.1) is 0 Å². The lowest BCUT2D eigenvalue weighted by molar-refractivity contribution is -0.143. The van der Waals surface area contributed by atoms with Crippen LogP contribution in [0.4, 0.5) is 0 Å². The molecular formula is C10H13NO3. The lowest BCUT2D eigenvalue weighted by atomic mass is 9.89. The van der Waals surface area contributed by atoms with E-state index < -0.39 is 11.9 Å². The van der Waals surface area contributed by atoms with E-state index in [9.17, 15) is 9.59 Å². The number of rotatable bonds is 2. The van der Waals surface area contributed by atoms with Crippen molar-refractivity contribution in [3.8, 4) is 0 Å². The van der Waals surface area contributed by atoms with Crippen molar-refractivity contribution in [3.63, 3.8) is 0 Å². The van der Waals surface area contributed by atoms with Gasteiger partial charge in [0.25, 0.3) is 0 Å². The van der Waals surface area contributed by atoms with Crippen molar-refractivity contribution in [1.82, 2.24) is 5.32 Å². The van der Waals surface area contributed by atoms with Crippen molar-refractivity contribution in [3.05, 3.63) is 12.2 Å². The molecule has 1 saturated carbocycles. The standard InChI is InChI=1S/C10H13NO3/c1-5(12)11-9-7-3-2-6(4-7)8(9)10(13)14/h2-3,6-9H,4H2,1H3,(H,11,12)(H,13,14)/t6?,7?,8-,9-/m0/s1. The van der Waals surface area contributed by atoms with Gasteiger partial charge in [0.1, 0.15) is 0 Å². The molecule has 0 heterocycles. The maximum Gasteiger partial charge on any atom is 0.309 e. The van der Waals surface area contributed by atoms with E-state index in [0.29, 0.717) is 0 Å². The van der Waals surface area contributed by atoms with Gasteiger partial charge in [0.05, 0.1) is 5.92 Å². The van der Waals surface area contributed by atoms with Crippen LogP contribution in [0.3, 0.4) is 0 Å². The second kappa shape index (κ2) is 3.12. The Hall–Kier alpha value is -1.32. The molecule has 76 valence electrons. The molecule has 1 amide bonds. The molecule has 0 aromatic rings. The normalized spacial score (nSPS) is 38.6. The zero-order chi connectivity index (χ0) is 10.3. The Labute approximate surface area is 82.0 Å². The first-order valence-electron chi connectivity index (χ1n) is 4.78. The third kappa shape index (κ3) is 1.31. The number of amides is 1. The molecule has 4 nitrogen and oxygen atoms in total. The van der Waals surface area contributed by atoms with Crippen molar-refractivity contribution in [2.45, 2.75) is 19.4 Å². The first-order valence-corrected chi connectivity index (χ1v) is 4.78. The highest BCUT2D eigenvalue weighted by Gasteiger charge is 2.48. The fraction of sp³-hybridized carbons (Fsp3) is 0.600. The Morgan fingerprint density at radius 1 is 1.36 bits per heavy atom. The Kier molecular flexibility index (Phi) is 2.06. The zero-order valence-corrected chi connectivity index (χ0v) is 7.93. The fourth-order valence-electron chi connectivity index (χ4n) is 2.59. The van der Waals surface area contributed by atoms with Crippen molar-refractivity contribution in [2.75, 3.05) is 0 Å². The summed E-state index contributed by atoms with van der Waals surface area (Å²) >= 11 is 0. The summed E-state index contributed by atoms with van der Waals surface area (Å²) in [6, 6.07) is -0.208. The highest BCUT2D eigenvalue weighted by molar-refractivity contribution is 5.77. The summed E-state index contributed by atoms with van der Waals surface area (Å²) in [7, 11) is 0. The average molecular weight is 195 g/mol. The van der Waals surface area contributed by atoms with Crippen molar-refractivity contribution in [1.29, 1.82) is 0 Å². The van der Waals surface area contributed by atoms with Crippen LogP contribution < -0.4 is 5.32 Å². The van der Waals surface area contributed by atoms with E-state index >= 15 is 0 Å². The summed E-state index contributed by atoms with van der Waals surface area (Å²) in [6.45, 7) is 1.43. The molecule has 14 heavy (non-hydrogen) atoms. The number of fused-ring (bicyclic) bond motifs is 2. The first kappa shape index (κ1) is 9.24. The summed E-state index contributed by atoms with van der Waals surface area (Å²) in [5.41, 5.74) is 0. The van der Waals surface area contributed by atoms with E-state index in [1.807, 2.05) is 12.2 Å². The summed E-state index contributed by atoms with van der Waals surface area (Å²) < 4.78 is 0. The number of nitrogens with one attached hydrogen (secondary N) is 1. The van der Waals surface area contributed by atoms with Crippen LogP contribution in [0.15, 0.2) is 12.2 Å². The lowest BCUT2D eigenvalue weighted by Gasteiger charge is -2.25. The SMILES string of the molecule is CC(=O)N[C@H]1C2C=CC(C2)[C@@H]1C(=O)O. The van der Waals surface area contributed by atoms with Crippen molar-refractivity contribution >= 4 is 11.9 Å². The third-order valence-corrected chi connectivity index (χ3v) is 3.11. The van der Waals surface area contributed by atoms with Gasteiger partial charge in [-0.1, -0.05) is 12.2 Å². The topological polar surface area (TPSA) is 66.4 Å². The predicted molar refractivity (Wildman–Crippen MR) is 49.5 cm³/mol. The van der Waals surface area contributed by atoms with Crippen LogP contribution in [0.1, 0.15) is 13.3 Å². The molecule has 2 aliphatic carbocycles. The van der Waals surface area contributed by atoms with E-state index in [-0.39, 0.29) is 23.8 Å². The Bertz CT molecular complexity index is 310. The molecule has 4 atom stereocenters. The minimum Gasteiger partial charge on any atom is -0.481 e. The lowest BCUT2D eigenvalue weighted by Crippen LogP contribution is -2.44. The zero-order valence-electron chi connectivity index (χ0n) is 7.93. The van der Waals surface area contributed by atoms with Crippen LogP contribution in [0.5, 0.6) is 0 Å². The van der Waals surface area contributed by atoms with Crippen LogP contribution in [0, 0.1) is 17.8 Å². The molecule has 2 unspecified atom stereocenters. The van der Waals surface area contributed by atoms with Crippen molar-refractivity contribution < 1.29 is 14.7 Å². The van der Waals surface area contributed by atoms with Gasteiger partial charge in [0.2, 0.25) is 5.91 Å². The number of carboxylic acid groups (broad SMARTS) is 1. The Morgan fingerprint density at radius 2 is 2.00 bits per heavy atom. The Morgan fingerprint density at radius 3 is 2.57 bits per heavy atom. The molecule has 0 aliphatic heterocycles. The summed E-state index contributed by atoms with van der Waals surface area (Å²) in [5, 5.41) is 11.8. The van der Waals surface area contributed by atoms with E-state index in [1.54, 1.807) is 0 Å². The van der Waals surface area contributed by atoms with Crippen LogP contribution >= 0.6 is 0 Å². The van der Waals surface area contributed by atoms with E-state index in [0.717, 1.165) is 6.42 Å². The van der Waals surface area contributed by atoms with Crippen LogP contribution in [-0.4, -0.2) is 23.0 Å². The maximum atomic E-state index is 11.0. The van der Waals surface area contributed by atoms with Gasteiger partial charge in [-0.3, -0.25) is 9.59 Å². The van der Waals surface area contributed by atoms with Gasteiger partial charge in [-0.25, -0.2) is 0 Å². The molecular weight excluding hydrogens is 182 g/mol. The number of hydrogen-bond acceptors (Lipinski definition) is 2. The molecule has 0 aromatic heterocycles. The van der Waals surface area contributed by atoms with Gasteiger partial charge in [0, 0.05) is 13.0 Å². The number of allylic oxidation sites excluding steroid dienone is 1. The maximum absolute atomic E-state index is 11.0. The van der Waals surface area contributed by atoms with Gasteiger partial charge in [0.15, 0.2) is 0 Å². The van der Waals surface area contributed by atoms with Gasteiger partial charge in [-0.05, 0) is 18.3 Å². The Balaban J connectivity index is 2.18. The quantitative estimate of drug-likeness (QED) is 0.627. The summed E-state index contributed by atoms with van der Waals surface area (Å²) in [5.74, 6) is -1.07. The average Bonchev–Trinajstić information content (AvgIpc) is 2.61. The number of carboxylic acids is 1. The molecule has 2 aliphatic rings. The van der Waals surface area contributed by atoms with E-state index in [1.165, 1.54) is 6.92 Å². The molecule has 0 radical (unpaired) electrons. The van der Waals surface area contributed by atoms with Gasteiger partial charge in [-0.2, -0.15) is 0 Å². The predicted octanol–water partition coefficient (Wildman–Crippen LogP) is 0.398. The highest BCUT2D eigenvalue weighted by atomic mass is 16.4. The van der Waals surface area contributed by atoms with E-state index in [4.69, 9.17) is 5.11 Å². The summed E-state index contributed by atoms with van der Waals surface area (Å²) in [6.07, 6.45) is 4.84. The number of aliphatic carboxylic acids is 1. The molecule has 0 spiro atoms. The monoisotopic (exact) mass is 195 g/mol. The second-order valence-corrected chi connectivity index (χ2v) is 4.04. The number of hydrogen-bond donors (Lipinski definition) is 2. The van der Waals surface area contributed by atoms with Gasteiger partial charge >= 0.3 is 5.97 Å². The third-order valence-electron chi connectivity index (χ3n) is 3.11. The van der Waals surface area contributed by atoms with Gasteiger partial charge < -0.3 is 10.4 Å². The largest absolute Gasteiger partial charge is 0.481 e. The minimum atomic E-state index is -0.805. The smallest absolute Gasteiger partial charge is 0.309 e. The molecule has 1 fully saturated rings. The van der Waals surface area contributed by atoms with Crippen LogP contribution in [0.2, 0.25) is 0 Å².